The summed E-state index contributed by atoms with van der Waals surface area (Å²) in [6, 6.07) is 3.40. The maximum absolute atomic E-state index is 12.6. The van der Waals surface area contributed by atoms with Gasteiger partial charge in [0.25, 0.3) is 0 Å². The van der Waals surface area contributed by atoms with Gasteiger partial charge in [0, 0.05) is 24.7 Å². The molecule has 2 heterocycles. The van der Waals surface area contributed by atoms with Crippen molar-refractivity contribution >= 4 is 17.4 Å². The minimum Gasteiger partial charge on any atom is -0.486 e. The van der Waals surface area contributed by atoms with Crippen LogP contribution in [0.1, 0.15) is 30.6 Å². The summed E-state index contributed by atoms with van der Waals surface area (Å²) in [7, 11) is 0. The average molecular weight is 324 g/mol. The predicted molar refractivity (Wildman–Crippen MR) is 86.2 cm³/mol. The predicted octanol–water partition coefficient (Wildman–Crippen LogP) is 3.27. The molecule has 2 unspecified atom stereocenters. The molecule has 5 heteroatoms. The van der Waals surface area contributed by atoms with E-state index in [2.05, 4.69) is 18.7 Å². The van der Waals surface area contributed by atoms with Gasteiger partial charge in [-0.2, -0.15) is 0 Å². The van der Waals surface area contributed by atoms with Crippen LogP contribution in [0.4, 0.5) is 0 Å². The highest BCUT2D eigenvalue weighted by molar-refractivity contribution is 6.34. The molecule has 3 rings (SSSR count). The first-order valence-corrected chi connectivity index (χ1v) is 8.25. The highest BCUT2D eigenvalue weighted by Crippen LogP contribution is 2.35. The molecular weight excluding hydrogens is 302 g/mol. The van der Waals surface area contributed by atoms with E-state index < -0.39 is 0 Å². The van der Waals surface area contributed by atoms with Crippen LogP contribution in [0.3, 0.4) is 0 Å². The number of halogens is 1. The first-order chi connectivity index (χ1) is 10.5. The van der Waals surface area contributed by atoms with Crippen molar-refractivity contribution < 1.29 is 14.3 Å². The number of fused-ring (bicyclic) bond motifs is 1. The van der Waals surface area contributed by atoms with Crippen LogP contribution in [0, 0.1) is 11.8 Å². The van der Waals surface area contributed by atoms with Crippen LogP contribution < -0.4 is 9.47 Å². The Morgan fingerprint density at radius 1 is 1.18 bits per heavy atom. The second-order valence-electron chi connectivity index (χ2n) is 6.54. The van der Waals surface area contributed by atoms with Gasteiger partial charge >= 0.3 is 0 Å². The third-order valence-electron chi connectivity index (χ3n) is 4.24. The Morgan fingerprint density at radius 2 is 1.77 bits per heavy atom. The number of hydrogen-bond acceptors (Lipinski definition) is 4. The largest absolute Gasteiger partial charge is 0.486 e. The Bertz CT molecular complexity index is 565. The third-order valence-corrected chi connectivity index (χ3v) is 4.56. The molecule has 0 bridgehead atoms. The number of rotatable bonds is 3. The van der Waals surface area contributed by atoms with Gasteiger partial charge in [-0.15, -0.1) is 0 Å². The molecular formula is C17H22ClNO3. The summed E-state index contributed by atoms with van der Waals surface area (Å²) in [5.74, 6) is 2.54. The van der Waals surface area contributed by atoms with E-state index >= 15 is 0 Å². The van der Waals surface area contributed by atoms with E-state index in [0.717, 1.165) is 13.1 Å². The van der Waals surface area contributed by atoms with Gasteiger partial charge in [0.1, 0.15) is 13.2 Å². The lowest BCUT2D eigenvalue weighted by molar-refractivity contribution is 0.0848. The number of nitrogens with zero attached hydrogens (tertiary/aromatic N) is 1. The van der Waals surface area contributed by atoms with Crippen molar-refractivity contribution in [2.24, 2.45) is 11.8 Å². The van der Waals surface area contributed by atoms with Crippen molar-refractivity contribution in [2.45, 2.75) is 20.3 Å². The van der Waals surface area contributed by atoms with Gasteiger partial charge in [-0.1, -0.05) is 25.4 Å². The van der Waals surface area contributed by atoms with Crippen LogP contribution in [0.2, 0.25) is 5.02 Å². The maximum Gasteiger partial charge on any atom is 0.178 e. The zero-order valence-electron chi connectivity index (χ0n) is 13.1. The summed E-state index contributed by atoms with van der Waals surface area (Å²) in [4.78, 5) is 14.8. The van der Waals surface area contributed by atoms with Crippen molar-refractivity contribution in [3.05, 3.63) is 22.7 Å². The van der Waals surface area contributed by atoms with Gasteiger partial charge in [0.2, 0.25) is 0 Å². The Balaban J connectivity index is 1.74. The second-order valence-corrected chi connectivity index (χ2v) is 6.95. The van der Waals surface area contributed by atoms with Crippen LogP contribution in [0.15, 0.2) is 12.1 Å². The van der Waals surface area contributed by atoms with E-state index in [-0.39, 0.29) is 5.78 Å². The summed E-state index contributed by atoms with van der Waals surface area (Å²) in [6.45, 7) is 7.85. The number of carbonyl (C=O) groups excluding carboxylic acids is 1. The molecule has 1 saturated heterocycles. The summed E-state index contributed by atoms with van der Waals surface area (Å²) in [5.41, 5.74) is 0.525. The van der Waals surface area contributed by atoms with Gasteiger partial charge in [-0.25, -0.2) is 0 Å². The molecule has 2 atom stereocenters. The minimum atomic E-state index is 0.0447. The molecule has 0 radical (unpaired) electrons. The molecule has 0 saturated carbocycles. The summed E-state index contributed by atoms with van der Waals surface area (Å²) in [5, 5.41) is 0.437. The normalized spacial score (nSPS) is 25.0. The molecule has 120 valence electrons. The molecule has 0 N–H and O–H groups in total. The minimum absolute atomic E-state index is 0.0447. The van der Waals surface area contributed by atoms with Crippen LogP contribution >= 0.6 is 11.6 Å². The van der Waals surface area contributed by atoms with Crippen LogP contribution in [0.25, 0.3) is 0 Å². The number of ketones is 1. The van der Waals surface area contributed by atoms with Gasteiger partial charge < -0.3 is 9.47 Å². The number of hydrogen-bond donors (Lipinski definition) is 0. The summed E-state index contributed by atoms with van der Waals surface area (Å²) >= 11 is 6.26. The summed E-state index contributed by atoms with van der Waals surface area (Å²) < 4.78 is 11.0. The first-order valence-electron chi connectivity index (χ1n) is 7.87. The highest BCUT2D eigenvalue weighted by Gasteiger charge is 2.25. The smallest absolute Gasteiger partial charge is 0.178 e. The lowest BCUT2D eigenvalue weighted by Gasteiger charge is -2.34. The number of Topliss-reactive ketones (excluding diaryl/α,β-unsaturated/α-hetero) is 1. The number of likely N-dealkylation sites (tertiary alicyclic amines) is 1. The topological polar surface area (TPSA) is 38.8 Å². The van der Waals surface area contributed by atoms with Crippen molar-refractivity contribution in [1.29, 1.82) is 0 Å². The first kappa shape index (κ1) is 15.6. The number of ether oxygens (including phenoxy) is 2. The Hall–Kier alpha value is -1.26. The van der Waals surface area contributed by atoms with E-state index in [1.54, 1.807) is 12.1 Å². The fraction of sp³-hybridized carbons (Fsp3) is 0.588. The van der Waals surface area contributed by atoms with Crippen molar-refractivity contribution in [3.8, 4) is 11.5 Å². The number of benzene rings is 1. The zero-order valence-corrected chi connectivity index (χ0v) is 13.9. The van der Waals surface area contributed by atoms with E-state index in [0.29, 0.717) is 53.7 Å². The van der Waals surface area contributed by atoms with E-state index in [9.17, 15) is 4.79 Å². The molecule has 1 aromatic carbocycles. The average Bonchev–Trinajstić information content (AvgIpc) is 2.45. The maximum atomic E-state index is 12.6. The molecule has 1 aromatic rings. The van der Waals surface area contributed by atoms with Gasteiger partial charge in [0.05, 0.1) is 11.6 Å². The van der Waals surface area contributed by atoms with Gasteiger partial charge in [0.15, 0.2) is 17.3 Å². The number of piperidine rings is 1. The molecule has 0 spiro atoms. The molecule has 0 amide bonds. The second kappa shape index (κ2) is 6.47. The molecule has 22 heavy (non-hydrogen) atoms. The van der Waals surface area contributed by atoms with Crippen molar-refractivity contribution in [3.63, 3.8) is 0 Å². The van der Waals surface area contributed by atoms with Crippen LogP contribution in [0.5, 0.6) is 11.5 Å². The van der Waals surface area contributed by atoms with E-state index in [1.165, 1.54) is 6.42 Å². The third kappa shape index (κ3) is 3.39. The fourth-order valence-corrected chi connectivity index (χ4v) is 3.75. The standard InChI is InChI=1S/C17H22ClNO3/c1-11-5-12(2)9-19(8-11)10-15(20)13-6-16-17(7-14(13)18)22-4-3-21-16/h6-7,11-12H,3-5,8-10H2,1-2H3. The summed E-state index contributed by atoms with van der Waals surface area (Å²) in [6.07, 6.45) is 1.23. The lowest BCUT2D eigenvalue weighted by atomic mass is 9.91. The lowest BCUT2D eigenvalue weighted by Crippen LogP contribution is -2.41. The molecule has 2 aliphatic rings. The molecule has 0 aromatic heterocycles. The Labute approximate surface area is 136 Å². The van der Waals surface area contributed by atoms with Crippen molar-refractivity contribution in [1.82, 2.24) is 4.90 Å². The zero-order chi connectivity index (χ0) is 15.7. The molecule has 1 fully saturated rings. The Morgan fingerprint density at radius 3 is 2.41 bits per heavy atom. The highest BCUT2D eigenvalue weighted by atomic mass is 35.5. The molecule has 2 aliphatic heterocycles. The SMILES string of the molecule is CC1CC(C)CN(CC(=O)c2cc3c(cc2Cl)OCCO3)C1. The molecule has 0 aliphatic carbocycles. The quantitative estimate of drug-likeness (QED) is 0.800. The monoisotopic (exact) mass is 323 g/mol. The van der Waals surface area contributed by atoms with Crippen LogP contribution in [-0.4, -0.2) is 43.5 Å². The molecule has 4 nitrogen and oxygen atoms in total. The number of carbonyl (C=O) groups is 1. The van der Waals surface area contributed by atoms with Gasteiger partial charge in [-0.3, -0.25) is 9.69 Å². The van der Waals surface area contributed by atoms with Crippen LogP contribution in [-0.2, 0) is 0 Å². The van der Waals surface area contributed by atoms with Crippen molar-refractivity contribution in [2.75, 3.05) is 32.8 Å². The van der Waals surface area contributed by atoms with Gasteiger partial charge in [-0.05, 0) is 24.3 Å². The van der Waals surface area contributed by atoms with E-state index in [4.69, 9.17) is 21.1 Å². The fourth-order valence-electron chi connectivity index (χ4n) is 3.49. The Kier molecular flexibility index (Phi) is 4.59. The van der Waals surface area contributed by atoms with E-state index in [1.807, 2.05) is 0 Å².